The van der Waals surface area contributed by atoms with Crippen molar-refractivity contribution >= 4 is 5.97 Å². The largest absolute Gasteiger partial charge is 0.481 e. The van der Waals surface area contributed by atoms with E-state index in [2.05, 4.69) is 16.2 Å². The first kappa shape index (κ1) is 13.4. The van der Waals surface area contributed by atoms with Gasteiger partial charge in [-0.15, -0.1) is 0 Å². The Balaban J connectivity index is 0.000000357. The van der Waals surface area contributed by atoms with E-state index in [4.69, 9.17) is 15.2 Å². The molecule has 0 unspecified atom stereocenters. The molecule has 0 saturated carbocycles. The maximum atomic E-state index is 9.00. The highest BCUT2D eigenvalue weighted by atomic mass is 16.4. The lowest BCUT2D eigenvalue weighted by Crippen LogP contribution is -1.99. The molecule has 6 nitrogen and oxygen atoms in total. The van der Waals surface area contributed by atoms with E-state index in [1.54, 1.807) is 23.1 Å². The van der Waals surface area contributed by atoms with Gasteiger partial charge in [-0.1, -0.05) is 12.1 Å². The number of nitrogens with zero attached hydrogens (tertiary/aromatic N) is 4. The molecule has 0 amide bonds. The van der Waals surface area contributed by atoms with Crippen LogP contribution in [0.5, 0.6) is 0 Å². The summed E-state index contributed by atoms with van der Waals surface area (Å²) in [7, 11) is 0. The van der Waals surface area contributed by atoms with Crippen molar-refractivity contribution in [3.05, 3.63) is 48.0 Å². The third-order valence-electron chi connectivity index (χ3n) is 1.89. The number of nitriles is 1. The molecule has 6 heteroatoms. The first-order chi connectivity index (χ1) is 8.61. The van der Waals surface area contributed by atoms with E-state index in [-0.39, 0.29) is 0 Å². The maximum absolute atomic E-state index is 9.00. The van der Waals surface area contributed by atoms with Crippen molar-refractivity contribution in [1.82, 2.24) is 14.8 Å². The minimum absolute atomic E-state index is 0.673. The minimum Gasteiger partial charge on any atom is -0.481 e. The Kier molecular flexibility index (Phi) is 5.06. The van der Waals surface area contributed by atoms with Crippen LogP contribution in [-0.4, -0.2) is 25.8 Å². The molecule has 0 aliphatic carbocycles. The van der Waals surface area contributed by atoms with E-state index in [0.717, 1.165) is 12.5 Å². The first-order valence-corrected chi connectivity index (χ1v) is 5.13. The van der Waals surface area contributed by atoms with Crippen molar-refractivity contribution < 1.29 is 9.90 Å². The molecule has 18 heavy (non-hydrogen) atoms. The molecule has 2 rings (SSSR count). The summed E-state index contributed by atoms with van der Waals surface area (Å²) in [5.41, 5.74) is 1.78. The van der Waals surface area contributed by atoms with Gasteiger partial charge in [0.25, 0.3) is 5.97 Å². The van der Waals surface area contributed by atoms with Crippen LogP contribution in [0.15, 0.2) is 36.9 Å². The Morgan fingerprint density at radius 3 is 2.50 bits per heavy atom. The Hall–Kier alpha value is -2.68. The van der Waals surface area contributed by atoms with Gasteiger partial charge in [0.2, 0.25) is 0 Å². The Morgan fingerprint density at radius 1 is 1.44 bits per heavy atom. The third-order valence-corrected chi connectivity index (χ3v) is 1.89. The topological polar surface area (TPSA) is 91.8 Å². The lowest BCUT2D eigenvalue weighted by Gasteiger charge is -2.00. The molecule has 1 N–H and O–H groups in total. The van der Waals surface area contributed by atoms with Crippen LogP contribution in [0, 0.1) is 11.3 Å². The van der Waals surface area contributed by atoms with Crippen molar-refractivity contribution in [3.63, 3.8) is 0 Å². The van der Waals surface area contributed by atoms with Crippen LogP contribution in [0.1, 0.15) is 18.1 Å². The highest BCUT2D eigenvalue weighted by Crippen LogP contribution is 2.04. The van der Waals surface area contributed by atoms with Gasteiger partial charge in [0, 0.05) is 6.92 Å². The van der Waals surface area contributed by atoms with E-state index in [1.807, 2.05) is 12.1 Å². The molecule has 1 heterocycles. The van der Waals surface area contributed by atoms with Gasteiger partial charge >= 0.3 is 0 Å². The molecular weight excluding hydrogens is 232 g/mol. The van der Waals surface area contributed by atoms with Crippen LogP contribution < -0.4 is 0 Å². The number of hydrogen-bond donors (Lipinski definition) is 1. The fourth-order valence-electron chi connectivity index (χ4n) is 1.19. The molecule has 0 aliphatic heterocycles. The summed E-state index contributed by atoms with van der Waals surface area (Å²) < 4.78 is 1.74. The van der Waals surface area contributed by atoms with Gasteiger partial charge in [0.15, 0.2) is 0 Å². The normalized spacial score (nSPS) is 8.89. The first-order valence-electron chi connectivity index (χ1n) is 5.13. The van der Waals surface area contributed by atoms with Gasteiger partial charge in [-0.2, -0.15) is 10.4 Å². The molecule has 0 aliphatic rings. The third kappa shape index (κ3) is 4.90. The van der Waals surface area contributed by atoms with Crippen LogP contribution in [0.2, 0.25) is 0 Å². The zero-order valence-electron chi connectivity index (χ0n) is 9.82. The molecule has 1 aromatic heterocycles. The van der Waals surface area contributed by atoms with Gasteiger partial charge in [-0.05, 0) is 17.7 Å². The van der Waals surface area contributed by atoms with Gasteiger partial charge in [0.1, 0.15) is 12.7 Å². The standard InChI is InChI=1S/C10H8N4.C2H4O2/c11-5-9-1-3-10(4-2-9)6-14-8-12-7-13-14;1-2(3)4/h1-4,7-8H,6H2;1H3,(H,3,4). The molecule has 0 radical (unpaired) electrons. The highest BCUT2D eigenvalue weighted by molar-refractivity contribution is 5.62. The van der Waals surface area contributed by atoms with E-state index >= 15 is 0 Å². The summed E-state index contributed by atoms with van der Waals surface area (Å²) in [5.74, 6) is -0.833. The molecular formula is C12H12N4O2. The maximum Gasteiger partial charge on any atom is 0.300 e. The van der Waals surface area contributed by atoms with Crippen molar-refractivity contribution in [3.8, 4) is 6.07 Å². The van der Waals surface area contributed by atoms with Crippen LogP contribution in [0.25, 0.3) is 0 Å². The van der Waals surface area contributed by atoms with Gasteiger partial charge in [0.05, 0.1) is 18.2 Å². The summed E-state index contributed by atoms with van der Waals surface area (Å²) in [6, 6.07) is 9.51. The smallest absolute Gasteiger partial charge is 0.300 e. The Morgan fingerprint density at radius 2 is 2.06 bits per heavy atom. The summed E-state index contributed by atoms with van der Waals surface area (Å²) in [4.78, 5) is 12.9. The van der Waals surface area contributed by atoms with Crippen molar-refractivity contribution in [2.75, 3.05) is 0 Å². The summed E-state index contributed by atoms with van der Waals surface area (Å²) in [5, 5.41) is 20.0. The monoisotopic (exact) mass is 244 g/mol. The number of rotatable bonds is 2. The molecule has 1 aromatic carbocycles. The summed E-state index contributed by atoms with van der Waals surface area (Å²) >= 11 is 0. The number of carbonyl (C=O) groups is 1. The molecule has 0 atom stereocenters. The van der Waals surface area contributed by atoms with Gasteiger partial charge in [-0.3, -0.25) is 4.79 Å². The molecule has 0 saturated heterocycles. The second-order valence-corrected chi connectivity index (χ2v) is 3.42. The minimum atomic E-state index is -0.833. The summed E-state index contributed by atoms with van der Waals surface area (Å²) in [6.07, 6.45) is 3.17. The fourth-order valence-corrected chi connectivity index (χ4v) is 1.19. The molecule has 2 aromatic rings. The van der Waals surface area contributed by atoms with E-state index in [0.29, 0.717) is 12.1 Å². The number of hydrogen-bond acceptors (Lipinski definition) is 4. The molecule has 92 valence electrons. The second kappa shape index (κ2) is 6.81. The van der Waals surface area contributed by atoms with E-state index < -0.39 is 5.97 Å². The number of benzene rings is 1. The average molecular weight is 244 g/mol. The molecule has 0 spiro atoms. The van der Waals surface area contributed by atoms with Gasteiger partial charge in [-0.25, -0.2) is 9.67 Å². The predicted octanol–water partition coefficient (Wildman–Crippen LogP) is 1.29. The summed E-state index contributed by atoms with van der Waals surface area (Å²) in [6.45, 7) is 1.77. The van der Waals surface area contributed by atoms with Crippen molar-refractivity contribution in [2.24, 2.45) is 0 Å². The zero-order valence-corrected chi connectivity index (χ0v) is 9.82. The number of aromatic nitrogens is 3. The number of aliphatic carboxylic acids is 1. The second-order valence-electron chi connectivity index (χ2n) is 3.42. The fraction of sp³-hybridized carbons (Fsp3) is 0.167. The van der Waals surface area contributed by atoms with Crippen LogP contribution in [-0.2, 0) is 11.3 Å². The Bertz CT molecular complexity index is 522. The SMILES string of the molecule is CC(=O)O.N#Cc1ccc(Cn2cncn2)cc1. The van der Waals surface area contributed by atoms with Crippen molar-refractivity contribution in [2.45, 2.75) is 13.5 Å². The quantitative estimate of drug-likeness (QED) is 0.859. The molecule has 0 bridgehead atoms. The van der Waals surface area contributed by atoms with Gasteiger partial charge < -0.3 is 5.11 Å². The predicted molar refractivity (Wildman–Crippen MR) is 63.6 cm³/mol. The zero-order chi connectivity index (χ0) is 13.4. The highest BCUT2D eigenvalue weighted by Gasteiger charge is 1.95. The van der Waals surface area contributed by atoms with E-state index in [1.165, 1.54) is 6.33 Å². The van der Waals surface area contributed by atoms with Crippen LogP contribution in [0.4, 0.5) is 0 Å². The van der Waals surface area contributed by atoms with E-state index in [9.17, 15) is 0 Å². The lowest BCUT2D eigenvalue weighted by molar-refractivity contribution is -0.134. The van der Waals surface area contributed by atoms with Crippen LogP contribution in [0.3, 0.4) is 0 Å². The van der Waals surface area contributed by atoms with Crippen LogP contribution >= 0.6 is 0 Å². The Labute approximate surface area is 104 Å². The lowest BCUT2D eigenvalue weighted by atomic mass is 10.1. The number of carboxylic acid groups (broad SMARTS) is 1. The van der Waals surface area contributed by atoms with Crippen molar-refractivity contribution in [1.29, 1.82) is 5.26 Å². The average Bonchev–Trinajstić information content (AvgIpc) is 2.82. The molecule has 0 fully saturated rings. The number of carboxylic acids is 1.